The van der Waals surface area contributed by atoms with Gasteiger partial charge in [-0.2, -0.15) is 0 Å². The molecule has 0 atom stereocenters. The molecule has 1 N–H and O–H groups in total. The van der Waals surface area contributed by atoms with E-state index in [4.69, 9.17) is 0 Å². The average Bonchev–Trinajstić information content (AvgIpc) is 1.86. The lowest BCUT2D eigenvalue weighted by Crippen LogP contribution is -2.36. The molecule has 1 rings (SSSR count). The first-order valence-electron chi connectivity index (χ1n) is 4.03. The van der Waals surface area contributed by atoms with Gasteiger partial charge in [0, 0.05) is 18.5 Å². The minimum atomic E-state index is 0.349. The van der Waals surface area contributed by atoms with E-state index in [1.807, 2.05) is 11.8 Å². The van der Waals surface area contributed by atoms with E-state index < -0.39 is 0 Å². The monoisotopic (exact) mass is 171 g/mol. The molecule has 0 spiro atoms. The summed E-state index contributed by atoms with van der Waals surface area (Å²) in [7, 11) is 0. The van der Waals surface area contributed by atoms with Gasteiger partial charge in [-0.25, -0.2) is 0 Å². The Bertz CT molecular complexity index is 182. The smallest absolute Gasteiger partial charge is 0.0173 e. The fraction of sp³-hybridized carbons (Fsp3) is 0.778. The predicted molar refractivity (Wildman–Crippen MR) is 52.9 cm³/mol. The van der Waals surface area contributed by atoms with E-state index in [0.717, 1.165) is 13.1 Å². The van der Waals surface area contributed by atoms with Crippen LogP contribution in [0.5, 0.6) is 0 Å². The number of hydrogen-bond acceptors (Lipinski definition) is 2. The van der Waals surface area contributed by atoms with Gasteiger partial charge in [-0.15, -0.1) is 11.8 Å². The molecule has 0 saturated carbocycles. The number of thioether (sulfide) groups is 1. The van der Waals surface area contributed by atoms with Crippen LogP contribution in [0.25, 0.3) is 0 Å². The molecule has 0 amide bonds. The Hall–Kier alpha value is 0.0500. The summed E-state index contributed by atoms with van der Waals surface area (Å²) in [6.07, 6.45) is 2.17. The van der Waals surface area contributed by atoms with Gasteiger partial charge in [0.05, 0.1) is 0 Å². The first kappa shape index (κ1) is 9.14. The second kappa shape index (κ2) is 3.20. The molecule has 0 aromatic rings. The van der Waals surface area contributed by atoms with Crippen LogP contribution in [0.3, 0.4) is 0 Å². The van der Waals surface area contributed by atoms with Crippen LogP contribution in [0.15, 0.2) is 10.5 Å². The Kier molecular flexibility index (Phi) is 2.66. The Labute approximate surface area is 73.6 Å². The summed E-state index contributed by atoms with van der Waals surface area (Å²) in [5, 5.41) is 3.42. The zero-order valence-corrected chi connectivity index (χ0v) is 8.64. The summed E-state index contributed by atoms with van der Waals surface area (Å²) in [6.45, 7) is 9.00. The summed E-state index contributed by atoms with van der Waals surface area (Å²) < 4.78 is 0. The first-order chi connectivity index (χ1) is 5.08. The molecular formula is C9H17NS. The molecule has 64 valence electrons. The molecular weight excluding hydrogens is 154 g/mol. The molecule has 1 nitrogen and oxygen atoms in total. The Morgan fingerprint density at radius 1 is 1.45 bits per heavy atom. The third kappa shape index (κ3) is 1.79. The van der Waals surface area contributed by atoms with Crippen molar-refractivity contribution in [3.05, 3.63) is 10.5 Å². The average molecular weight is 171 g/mol. The normalized spacial score (nSPS) is 24.0. The zero-order valence-electron chi connectivity index (χ0n) is 7.82. The first-order valence-corrected chi connectivity index (χ1v) is 5.25. The Morgan fingerprint density at radius 3 is 2.45 bits per heavy atom. The molecule has 0 aromatic carbocycles. The maximum absolute atomic E-state index is 3.42. The van der Waals surface area contributed by atoms with Gasteiger partial charge < -0.3 is 5.32 Å². The van der Waals surface area contributed by atoms with Crippen LogP contribution in [0.1, 0.15) is 20.8 Å². The lowest BCUT2D eigenvalue weighted by molar-refractivity contribution is 0.410. The summed E-state index contributed by atoms with van der Waals surface area (Å²) in [5.41, 5.74) is 1.86. The molecule has 0 aliphatic carbocycles. The van der Waals surface area contributed by atoms with Crippen LogP contribution in [0.2, 0.25) is 0 Å². The van der Waals surface area contributed by atoms with Crippen LogP contribution >= 0.6 is 11.8 Å². The zero-order chi connectivity index (χ0) is 8.48. The maximum atomic E-state index is 3.42. The second-order valence-corrected chi connectivity index (χ2v) is 4.62. The molecule has 0 fully saturated rings. The third-order valence-corrected chi connectivity index (χ3v) is 3.47. The minimum Gasteiger partial charge on any atom is -0.312 e. The van der Waals surface area contributed by atoms with Gasteiger partial charge in [0.1, 0.15) is 0 Å². The van der Waals surface area contributed by atoms with Crippen molar-refractivity contribution in [2.24, 2.45) is 5.41 Å². The fourth-order valence-electron chi connectivity index (χ4n) is 1.75. The largest absolute Gasteiger partial charge is 0.312 e. The van der Waals surface area contributed by atoms with Gasteiger partial charge >= 0.3 is 0 Å². The van der Waals surface area contributed by atoms with Crippen LogP contribution in [0.4, 0.5) is 0 Å². The van der Waals surface area contributed by atoms with Crippen LogP contribution in [0, 0.1) is 5.41 Å². The number of nitrogens with one attached hydrogen (secondary N) is 1. The number of rotatable bonds is 1. The van der Waals surface area contributed by atoms with E-state index in [-0.39, 0.29) is 0 Å². The molecule has 0 aromatic heterocycles. The minimum absolute atomic E-state index is 0.349. The van der Waals surface area contributed by atoms with Gasteiger partial charge in [-0.05, 0) is 23.7 Å². The molecule has 0 bridgehead atoms. The van der Waals surface area contributed by atoms with Gasteiger partial charge in [0.25, 0.3) is 0 Å². The molecule has 0 unspecified atom stereocenters. The second-order valence-electron chi connectivity index (χ2n) is 3.80. The molecule has 1 aliphatic rings. The fourth-order valence-corrected chi connectivity index (χ4v) is 2.80. The van der Waals surface area contributed by atoms with E-state index in [0.29, 0.717) is 5.41 Å². The molecule has 2 heteroatoms. The highest BCUT2D eigenvalue weighted by molar-refractivity contribution is 8.02. The summed E-state index contributed by atoms with van der Waals surface area (Å²) in [4.78, 5) is 1.57. The highest BCUT2D eigenvalue weighted by Gasteiger charge is 2.27. The lowest BCUT2D eigenvalue weighted by Gasteiger charge is -2.33. The van der Waals surface area contributed by atoms with Crippen molar-refractivity contribution in [2.45, 2.75) is 20.8 Å². The predicted octanol–water partition coefficient (Wildman–Crippen LogP) is 2.25. The highest BCUT2D eigenvalue weighted by Crippen LogP contribution is 2.37. The molecule has 0 radical (unpaired) electrons. The Balaban J connectivity index is 2.92. The van der Waals surface area contributed by atoms with E-state index in [1.54, 1.807) is 4.91 Å². The van der Waals surface area contributed by atoms with Crippen molar-refractivity contribution < 1.29 is 0 Å². The van der Waals surface area contributed by atoms with Crippen molar-refractivity contribution in [1.29, 1.82) is 0 Å². The van der Waals surface area contributed by atoms with E-state index in [2.05, 4.69) is 32.3 Å². The topological polar surface area (TPSA) is 12.0 Å². The third-order valence-electron chi connectivity index (χ3n) is 2.16. The van der Waals surface area contributed by atoms with E-state index >= 15 is 0 Å². The summed E-state index contributed by atoms with van der Waals surface area (Å²) in [5.74, 6) is 0. The quantitative estimate of drug-likeness (QED) is 0.649. The molecule has 1 aliphatic heterocycles. The maximum Gasteiger partial charge on any atom is 0.0173 e. The van der Waals surface area contributed by atoms with Crippen LogP contribution in [-0.2, 0) is 0 Å². The van der Waals surface area contributed by atoms with Crippen LogP contribution in [-0.4, -0.2) is 19.3 Å². The highest BCUT2D eigenvalue weighted by atomic mass is 32.2. The summed E-state index contributed by atoms with van der Waals surface area (Å²) >= 11 is 1.90. The standard InChI is InChI=1S/C9H17NS/c1-7-5-10-6-9(2,3)8(7)11-4/h10H,5-6H2,1-4H3. The van der Waals surface area contributed by atoms with Gasteiger partial charge in [0.2, 0.25) is 0 Å². The van der Waals surface area contributed by atoms with Crippen molar-refractivity contribution in [3.8, 4) is 0 Å². The molecule has 11 heavy (non-hydrogen) atoms. The van der Waals surface area contributed by atoms with Crippen molar-refractivity contribution in [1.82, 2.24) is 5.32 Å². The van der Waals surface area contributed by atoms with Gasteiger partial charge in [-0.1, -0.05) is 13.8 Å². The van der Waals surface area contributed by atoms with Crippen LogP contribution < -0.4 is 5.32 Å². The lowest BCUT2D eigenvalue weighted by atomic mass is 9.88. The van der Waals surface area contributed by atoms with Gasteiger partial charge in [0.15, 0.2) is 0 Å². The molecule has 0 saturated heterocycles. The molecule has 1 heterocycles. The van der Waals surface area contributed by atoms with E-state index in [1.165, 1.54) is 5.57 Å². The number of hydrogen-bond donors (Lipinski definition) is 1. The van der Waals surface area contributed by atoms with E-state index in [9.17, 15) is 0 Å². The van der Waals surface area contributed by atoms with Crippen molar-refractivity contribution >= 4 is 11.8 Å². The summed E-state index contributed by atoms with van der Waals surface area (Å²) in [6, 6.07) is 0. The SMILES string of the molecule is CSC1=C(C)CNCC1(C)C. The van der Waals surface area contributed by atoms with Gasteiger partial charge in [-0.3, -0.25) is 0 Å². The van der Waals surface area contributed by atoms with Crippen molar-refractivity contribution in [2.75, 3.05) is 19.3 Å². The van der Waals surface area contributed by atoms with Crippen molar-refractivity contribution in [3.63, 3.8) is 0 Å². The Morgan fingerprint density at radius 2 is 2.09 bits per heavy atom.